The monoisotopic (exact) mass is 283 g/mol. The average molecular weight is 284 g/mol. The van der Waals surface area contributed by atoms with Gasteiger partial charge in [0.2, 0.25) is 0 Å². The number of thioether (sulfide) groups is 1. The molecule has 0 aliphatic carbocycles. The molecule has 6 unspecified atom stereocenters. The first-order valence-electron chi connectivity index (χ1n) is 8.40. The zero-order valence-corrected chi connectivity index (χ0v) is 14.4. The first-order chi connectivity index (χ1) is 9.02. The highest BCUT2D eigenvalue weighted by atomic mass is 32.2. The Labute approximate surface area is 124 Å². The maximum Gasteiger partial charge on any atom is 0.0214 e. The Morgan fingerprint density at radius 1 is 1.16 bits per heavy atom. The molecule has 0 N–H and O–H groups in total. The summed E-state index contributed by atoms with van der Waals surface area (Å²) in [6.07, 6.45) is 8.53. The van der Waals surface area contributed by atoms with E-state index in [1.54, 1.807) is 0 Å². The summed E-state index contributed by atoms with van der Waals surface area (Å²) < 4.78 is 0. The van der Waals surface area contributed by atoms with Crippen molar-refractivity contribution in [3.63, 3.8) is 0 Å². The third-order valence-corrected chi connectivity index (χ3v) is 7.44. The van der Waals surface area contributed by atoms with Gasteiger partial charge < -0.3 is 0 Å². The van der Waals surface area contributed by atoms with E-state index in [2.05, 4.69) is 51.4 Å². The first kappa shape index (κ1) is 15.7. The van der Waals surface area contributed by atoms with E-state index in [0.717, 1.165) is 34.4 Å². The van der Waals surface area contributed by atoms with Crippen LogP contribution in [0, 0.1) is 11.8 Å². The summed E-state index contributed by atoms with van der Waals surface area (Å²) in [6.45, 7) is 9.68. The summed E-state index contributed by atoms with van der Waals surface area (Å²) >= 11 is 2.26. The van der Waals surface area contributed by atoms with Crippen LogP contribution in [0.2, 0.25) is 0 Å². The molecule has 2 heterocycles. The lowest BCUT2D eigenvalue weighted by atomic mass is 9.84. The standard InChI is InChI=1S/C17H33NS/c1-6-12(2)15-8-9-16(18(5)13(3)11-15)17-10-7-14(4)19-17/h12-17H,6-11H2,1-5H3. The van der Waals surface area contributed by atoms with Crippen molar-refractivity contribution < 1.29 is 0 Å². The van der Waals surface area contributed by atoms with E-state index in [0.29, 0.717) is 0 Å². The van der Waals surface area contributed by atoms with E-state index in [9.17, 15) is 0 Å². The minimum atomic E-state index is 0.767. The van der Waals surface area contributed by atoms with Gasteiger partial charge in [-0.1, -0.05) is 27.2 Å². The minimum absolute atomic E-state index is 0.767. The second-order valence-corrected chi connectivity index (χ2v) is 8.79. The van der Waals surface area contributed by atoms with Crippen LogP contribution in [0.4, 0.5) is 0 Å². The Morgan fingerprint density at radius 2 is 1.89 bits per heavy atom. The smallest absolute Gasteiger partial charge is 0.0214 e. The summed E-state index contributed by atoms with van der Waals surface area (Å²) in [5.41, 5.74) is 0. The molecule has 0 aromatic heterocycles. The molecule has 0 radical (unpaired) electrons. The van der Waals surface area contributed by atoms with Crippen LogP contribution in [-0.4, -0.2) is 34.5 Å². The van der Waals surface area contributed by atoms with Crippen LogP contribution < -0.4 is 0 Å². The topological polar surface area (TPSA) is 3.24 Å². The molecule has 0 bridgehead atoms. The van der Waals surface area contributed by atoms with Gasteiger partial charge in [0, 0.05) is 22.6 Å². The normalized spacial score (nSPS) is 43.1. The van der Waals surface area contributed by atoms with Gasteiger partial charge in [-0.15, -0.1) is 0 Å². The molecule has 2 rings (SSSR count). The molecular formula is C17H33NS. The third-order valence-electron chi connectivity index (χ3n) is 5.84. The fourth-order valence-electron chi connectivity index (χ4n) is 4.05. The van der Waals surface area contributed by atoms with Gasteiger partial charge in [0.05, 0.1) is 0 Å². The maximum atomic E-state index is 2.72. The van der Waals surface area contributed by atoms with Crippen LogP contribution in [-0.2, 0) is 0 Å². The summed E-state index contributed by atoms with van der Waals surface area (Å²) in [7, 11) is 2.39. The molecular weight excluding hydrogens is 250 g/mol. The van der Waals surface area contributed by atoms with Gasteiger partial charge in [-0.25, -0.2) is 0 Å². The van der Waals surface area contributed by atoms with E-state index >= 15 is 0 Å². The van der Waals surface area contributed by atoms with Crippen molar-refractivity contribution in [2.45, 2.75) is 88.8 Å². The highest BCUT2D eigenvalue weighted by Gasteiger charge is 2.36. The Bertz CT molecular complexity index is 280. The van der Waals surface area contributed by atoms with Gasteiger partial charge in [0.1, 0.15) is 0 Å². The lowest BCUT2D eigenvalue weighted by Gasteiger charge is -2.34. The van der Waals surface area contributed by atoms with E-state index in [1.807, 2.05) is 0 Å². The molecule has 2 aliphatic rings. The Morgan fingerprint density at radius 3 is 2.47 bits per heavy atom. The van der Waals surface area contributed by atoms with Crippen LogP contribution in [0.1, 0.15) is 66.2 Å². The second-order valence-electron chi connectivity index (χ2n) is 7.10. The minimum Gasteiger partial charge on any atom is -0.300 e. The Balaban J connectivity index is 2.01. The highest BCUT2D eigenvalue weighted by molar-refractivity contribution is 8.00. The maximum absolute atomic E-state index is 2.72. The summed E-state index contributed by atoms with van der Waals surface area (Å²) in [5, 5.41) is 1.79. The van der Waals surface area contributed by atoms with Crippen molar-refractivity contribution in [2.24, 2.45) is 11.8 Å². The second kappa shape index (κ2) is 6.85. The van der Waals surface area contributed by atoms with E-state index < -0.39 is 0 Å². The van der Waals surface area contributed by atoms with Gasteiger partial charge in [0.25, 0.3) is 0 Å². The molecule has 6 atom stereocenters. The van der Waals surface area contributed by atoms with E-state index in [4.69, 9.17) is 0 Å². The SMILES string of the molecule is CCC(C)C1CCC(C2CCC(C)S2)N(C)C(C)C1. The van der Waals surface area contributed by atoms with Crippen LogP contribution in [0.15, 0.2) is 0 Å². The van der Waals surface area contributed by atoms with Gasteiger partial charge in [-0.2, -0.15) is 11.8 Å². The van der Waals surface area contributed by atoms with Gasteiger partial charge in [-0.05, 0) is 57.9 Å². The molecule has 0 aromatic carbocycles. The molecule has 0 spiro atoms. The number of rotatable bonds is 3. The van der Waals surface area contributed by atoms with Crippen molar-refractivity contribution in [2.75, 3.05) is 7.05 Å². The van der Waals surface area contributed by atoms with Gasteiger partial charge in [-0.3, -0.25) is 4.90 Å². The molecule has 1 nitrogen and oxygen atoms in total. The van der Waals surface area contributed by atoms with Crippen molar-refractivity contribution in [1.29, 1.82) is 0 Å². The lowest BCUT2D eigenvalue weighted by molar-refractivity contribution is 0.174. The summed E-state index contributed by atoms with van der Waals surface area (Å²) in [4.78, 5) is 2.72. The number of hydrogen-bond donors (Lipinski definition) is 0. The van der Waals surface area contributed by atoms with E-state index in [-0.39, 0.29) is 0 Å². The largest absolute Gasteiger partial charge is 0.300 e. The van der Waals surface area contributed by atoms with Crippen molar-refractivity contribution in [1.82, 2.24) is 4.90 Å². The van der Waals surface area contributed by atoms with Gasteiger partial charge in [0.15, 0.2) is 0 Å². The fraction of sp³-hybridized carbons (Fsp3) is 1.00. The third kappa shape index (κ3) is 3.69. The van der Waals surface area contributed by atoms with Crippen molar-refractivity contribution in [3.8, 4) is 0 Å². The molecule has 112 valence electrons. The Kier molecular flexibility index (Phi) is 5.65. The fourth-order valence-corrected chi connectivity index (χ4v) is 5.70. The van der Waals surface area contributed by atoms with Crippen LogP contribution in [0.3, 0.4) is 0 Å². The zero-order valence-electron chi connectivity index (χ0n) is 13.6. The highest BCUT2D eigenvalue weighted by Crippen LogP contribution is 2.41. The molecule has 19 heavy (non-hydrogen) atoms. The average Bonchev–Trinajstić information content (AvgIpc) is 2.76. The van der Waals surface area contributed by atoms with Crippen LogP contribution in [0.25, 0.3) is 0 Å². The zero-order chi connectivity index (χ0) is 14.0. The molecule has 2 fully saturated rings. The molecule has 2 saturated heterocycles. The summed E-state index contributed by atoms with van der Waals surface area (Å²) in [5.74, 6) is 1.86. The predicted octanol–water partition coefficient (Wildman–Crippen LogP) is 4.81. The molecule has 0 aromatic rings. The number of likely N-dealkylation sites (tertiary alicyclic amines) is 1. The van der Waals surface area contributed by atoms with Crippen LogP contribution in [0.5, 0.6) is 0 Å². The first-order valence-corrected chi connectivity index (χ1v) is 9.34. The lowest BCUT2D eigenvalue weighted by Crippen LogP contribution is -2.42. The van der Waals surface area contributed by atoms with Gasteiger partial charge >= 0.3 is 0 Å². The van der Waals surface area contributed by atoms with E-state index in [1.165, 1.54) is 38.5 Å². The Hall–Kier alpha value is 0.310. The molecule has 2 heteroatoms. The summed E-state index contributed by atoms with van der Waals surface area (Å²) in [6, 6.07) is 1.60. The van der Waals surface area contributed by atoms with Crippen LogP contribution >= 0.6 is 11.8 Å². The van der Waals surface area contributed by atoms with Crippen molar-refractivity contribution in [3.05, 3.63) is 0 Å². The van der Waals surface area contributed by atoms with Crippen molar-refractivity contribution >= 4 is 11.8 Å². The molecule has 2 aliphatic heterocycles. The number of nitrogens with zero attached hydrogens (tertiary/aromatic N) is 1. The molecule has 0 saturated carbocycles. The molecule has 0 amide bonds. The number of hydrogen-bond acceptors (Lipinski definition) is 2. The predicted molar refractivity (Wildman–Crippen MR) is 87.9 cm³/mol. The quantitative estimate of drug-likeness (QED) is 0.731.